The van der Waals surface area contributed by atoms with Crippen LogP contribution in [0.5, 0.6) is 11.5 Å². The van der Waals surface area contributed by atoms with E-state index in [0.717, 1.165) is 62.8 Å². The Morgan fingerprint density at radius 1 is 1.18 bits per heavy atom. The van der Waals surface area contributed by atoms with Crippen molar-refractivity contribution in [3.05, 3.63) is 67.0 Å². The van der Waals surface area contributed by atoms with Gasteiger partial charge < -0.3 is 19.6 Å². The van der Waals surface area contributed by atoms with Crippen molar-refractivity contribution in [2.45, 2.75) is 25.3 Å². The third-order valence-corrected chi connectivity index (χ3v) is 7.54. The first-order chi connectivity index (χ1) is 18.6. The second-order valence-electron chi connectivity index (χ2n) is 9.65. The molecule has 8 nitrogen and oxygen atoms in total. The number of nitrogens with zero attached hydrogens (tertiary/aromatic N) is 5. The highest BCUT2D eigenvalue weighted by Gasteiger charge is 2.32. The van der Waals surface area contributed by atoms with E-state index in [9.17, 15) is 15.2 Å². The van der Waals surface area contributed by atoms with E-state index >= 15 is 0 Å². The quantitative estimate of drug-likeness (QED) is 0.405. The number of hydrogen-bond donors (Lipinski definition) is 1. The number of ether oxygens (including phenoxy) is 1. The molecule has 3 heterocycles. The molecular weight excluding hydrogens is 478 g/mol. The van der Waals surface area contributed by atoms with Crippen LogP contribution in [0.1, 0.15) is 18.4 Å². The molecule has 38 heavy (non-hydrogen) atoms. The third-order valence-electron chi connectivity index (χ3n) is 7.54. The van der Waals surface area contributed by atoms with Gasteiger partial charge in [0.2, 0.25) is 5.91 Å². The summed E-state index contributed by atoms with van der Waals surface area (Å²) in [4.78, 5) is 25.6. The highest BCUT2D eigenvalue weighted by molar-refractivity contribution is 6.05. The van der Waals surface area contributed by atoms with Gasteiger partial charge in [0.1, 0.15) is 23.6 Å². The van der Waals surface area contributed by atoms with Crippen molar-refractivity contribution in [2.24, 2.45) is 0 Å². The number of aromatic hydroxyl groups is 1. The minimum absolute atomic E-state index is 0.163. The maximum atomic E-state index is 12.4. The predicted molar refractivity (Wildman–Crippen MR) is 146 cm³/mol. The van der Waals surface area contributed by atoms with Gasteiger partial charge in [-0.25, -0.2) is 9.97 Å². The number of piperazine rings is 1. The van der Waals surface area contributed by atoms with Gasteiger partial charge in [-0.15, -0.1) is 0 Å². The van der Waals surface area contributed by atoms with Crippen molar-refractivity contribution < 1.29 is 14.6 Å². The summed E-state index contributed by atoms with van der Waals surface area (Å²) in [6.45, 7) is 5.76. The van der Waals surface area contributed by atoms with Crippen molar-refractivity contribution in [3.63, 3.8) is 0 Å². The van der Waals surface area contributed by atoms with E-state index in [1.807, 2.05) is 30.3 Å². The summed E-state index contributed by atoms with van der Waals surface area (Å²) in [5.74, 6) is 1.63. The average Bonchev–Trinajstić information content (AvgIpc) is 2.96. The number of phenols is 1. The van der Waals surface area contributed by atoms with Crippen LogP contribution in [0.25, 0.3) is 32.8 Å². The highest BCUT2D eigenvalue weighted by atomic mass is 16.5. The first-order valence-electron chi connectivity index (χ1n) is 12.8. The zero-order valence-electron chi connectivity index (χ0n) is 20.9. The van der Waals surface area contributed by atoms with Gasteiger partial charge in [0.15, 0.2) is 0 Å². The molecule has 6 rings (SSSR count). The van der Waals surface area contributed by atoms with Crippen molar-refractivity contribution in [1.82, 2.24) is 14.9 Å². The fourth-order valence-corrected chi connectivity index (χ4v) is 5.78. The van der Waals surface area contributed by atoms with Crippen molar-refractivity contribution >= 4 is 33.4 Å². The van der Waals surface area contributed by atoms with E-state index in [4.69, 9.17) is 4.74 Å². The summed E-state index contributed by atoms with van der Waals surface area (Å²) in [5, 5.41) is 22.5. The van der Waals surface area contributed by atoms with Gasteiger partial charge in [-0.2, -0.15) is 5.26 Å². The molecule has 3 aromatic carbocycles. The topological polar surface area (TPSA) is 103 Å². The first-order valence-corrected chi connectivity index (χ1v) is 12.8. The Morgan fingerprint density at radius 3 is 2.84 bits per heavy atom. The smallest absolute Gasteiger partial charge is 0.246 e. The predicted octanol–water partition coefficient (Wildman–Crippen LogP) is 4.60. The molecular formula is C30H27N5O3. The molecule has 2 aliphatic heterocycles. The van der Waals surface area contributed by atoms with Crippen LogP contribution >= 0.6 is 0 Å². The summed E-state index contributed by atoms with van der Waals surface area (Å²) in [6, 6.07) is 15.6. The van der Waals surface area contributed by atoms with Gasteiger partial charge in [-0.05, 0) is 47.6 Å². The Hall–Kier alpha value is -4.64. The Kier molecular flexibility index (Phi) is 6.04. The van der Waals surface area contributed by atoms with E-state index in [-0.39, 0.29) is 24.1 Å². The fraction of sp³-hybridized carbons (Fsp3) is 0.267. The van der Waals surface area contributed by atoms with Gasteiger partial charge in [0.25, 0.3) is 0 Å². The number of hydrogen-bond acceptors (Lipinski definition) is 7. The molecule has 1 aromatic heterocycles. The summed E-state index contributed by atoms with van der Waals surface area (Å²) in [7, 11) is 0. The minimum Gasteiger partial charge on any atom is -0.507 e. The molecule has 0 aliphatic carbocycles. The lowest BCUT2D eigenvalue weighted by atomic mass is 9.89. The second kappa shape index (κ2) is 9.67. The van der Waals surface area contributed by atoms with Gasteiger partial charge >= 0.3 is 0 Å². The van der Waals surface area contributed by atoms with Crippen LogP contribution in [-0.2, 0) is 11.2 Å². The van der Waals surface area contributed by atoms with E-state index in [1.165, 1.54) is 6.08 Å². The first kappa shape index (κ1) is 23.7. The van der Waals surface area contributed by atoms with Gasteiger partial charge in [0, 0.05) is 30.6 Å². The standard InChI is InChI=1S/C30H27N5O3/c1-2-27(37)35-14-13-34(17-19(35)11-12-31)30-28-25(32-18-33-30)16-24(23-8-5-15-38-29(23)28)21-9-10-26(36)22-7-4-3-6-20(21)22/h2-4,6-7,9-10,16,18-19,36H,1,5,8,11,13-15,17H2/t19-/m0/s1. The van der Waals surface area contributed by atoms with Crippen molar-refractivity contribution in [3.8, 4) is 28.7 Å². The number of amides is 1. The number of phenolic OH excluding ortho intramolecular Hbond substituents is 1. The number of benzene rings is 3. The number of nitriles is 1. The minimum atomic E-state index is -0.261. The molecule has 190 valence electrons. The Balaban J connectivity index is 1.51. The average molecular weight is 506 g/mol. The van der Waals surface area contributed by atoms with Crippen LogP contribution in [0, 0.1) is 11.3 Å². The van der Waals surface area contributed by atoms with Crippen LogP contribution in [0.3, 0.4) is 0 Å². The molecule has 1 atom stereocenters. The molecule has 2 aliphatic rings. The SMILES string of the molecule is C=CC(=O)N1CCN(c2ncnc3cc(-c4ccc(O)c5ccccc45)c4c(c23)OCCC4)C[C@@H]1CC#N. The lowest BCUT2D eigenvalue weighted by Crippen LogP contribution is -2.55. The highest BCUT2D eigenvalue weighted by Crippen LogP contribution is 2.45. The molecule has 1 amide bonds. The van der Waals surface area contributed by atoms with E-state index in [2.05, 4.69) is 33.6 Å². The number of fused-ring (bicyclic) bond motifs is 4. The van der Waals surface area contributed by atoms with Gasteiger partial charge in [-0.3, -0.25) is 4.79 Å². The number of rotatable bonds is 4. The Labute approximate surface area is 220 Å². The van der Waals surface area contributed by atoms with E-state index in [1.54, 1.807) is 17.3 Å². The molecule has 1 N–H and O–H groups in total. The normalized spacial score (nSPS) is 17.1. The lowest BCUT2D eigenvalue weighted by molar-refractivity contribution is -0.128. The number of carbonyl (C=O) groups excluding carboxylic acids is 1. The van der Waals surface area contributed by atoms with Crippen LogP contribution in [0.2, 0.25) is 0 Å². The van der Waals surface area contributed by atoms with Crippen LogP contribution in [0.4, 0.5) is 5.82 Å². The third kappa shape index (κ3) is 3.88. The molecule has 0 bridgehead atoms. The summed E-state index contributed by atoms with van der Waals surface area (Å²) >= 11 is 0. The van der Waals surface area contributed by atoms with Crippen LogP contribution in [0.15, 0.2) is 61.4 Å². The molecule has 0 radical (unpaired) electrons. The van der Waals surface area contributed by atoms with Crippen molar-refractivity contribution in [1.29, 1.82) is 5.26 Å². The number of anilines is 1. The number of carbonyl (C=O) groups is 1. The molecule has 1 saturated heterocycles. The molecule has 4 aromatic rings. The maximum Gasteiger partial charge on any atom is 0.246 e. The van der Waals surface area contributed by atoms with Gasteiger partial charge in [0.05, 0.1) is 36.0 Å². The van der Waals surface area contributed by atoms with E-state index < -0.39 is 0 Å². The van der Waals surface area contributed by atoms with Crippen LogP contribution < -0.4 is 9.64 Å². The molecule has 0 unspecified atom stereocenters. The van der Waals surface area contributed by atoms with Gasteiger partial charge in [-0.1, -0.05) is 36.9 Å². The summed E-state index contributed by atoms with van der Waals surface area (Å²) < 4.78 is 6.33. The second-order valence-corrected chi connectivity index (χ2v) is 9.65. The zero-order chi connectivity index (χ0) is 26.2. The Bertz CT molecular complexity index is 1630. The van der Waals surface area contributed by atoms with Crippen molar-refractivity contribution in [2.75, 3.05) is 31.1 Å². The zero-order valence-corrected chi connectivity index (χ0v) is 20.9. The monoisotopic (exact) mass is 505 g/mol. The largest absolute Gasteiger partial charge is 0.507 e. The molecule has 8 heteroatoms. The molecule has 1 fully saturated rings. The summed E-state index contributed by atoms with van der Waals surface area (Å²) in [5.41, 5.74) is 3.93. The molecule has 0 saturated carbocycles. The molecule has 0 spiro atoms. The lowest BCUT2D eigenvalue weighted by Gasteiger charge is -2.41. The number of aromatic nitrogens is 2. The Morgan fingerprint density at radius 2 is 2.03 bits per heavy atom. The van der Waals surface area contributed by atoms with Crippen LogP contribution in [-0.4, -0.2) is 58.2 Å². The van der Waals surface area contributed by atoms with E-state index in [0.29, 0.717) is 26.2 Å². The summed E-state index contributed by atoms with van der Waals surface area (Å²) in [6.07, 6.45) is 4.84. The maximum absolute atomic E-state index is 12.4. The fourth-order valence-electron chi connectivity index (χ4n) is 5.78.